The predicted molar refractivity (Wildman–Crippen MR) is 88.3 cm³/mol. The van der Waals surface area contributed by atoms with Gasteiger partial charge in [-0.3, -0.25) is 0 Å². The second-order valence-electron chi connectivity index (χ2n) is 5.08. The van der Waals surface area contributed by atoms with Crippen LogP contribution in [-0.2, 0) is 10.1 Å². The van der Waals surface area contributed by atoms with Gasteiger partial charge in [0.05, 0.1) is 41.6 Å². The molecule has 8 heteroatoms. The van der Waals surface area contributed by atoms with Crippen LogP contribution < -0.4 is 8.92 Å². The highest BCUT2D eigenvalue weighted by atomic mass is 32.2. The van der Waals surface area contributed by atoms with Crippen molar-refractivity contribution in [1.29, 1.82) is 5.26 Å². The SMILES string of the molecule is COc1cc(OS(C)(=O)=O)ccc1-c1nc2cc(C#N)ccc2[nH]1. The van der Waals surface area contributed by atoms with Gasteiger partial charge in [-0.1, -0.05) is 0 Å². The summed E-state index contributed by atoms with van der Waals surface area (Å²) in [5.41, 5.74) is 2.60. The van der Waals surface area contributed by atoms with Crippen LogP contribution in [0.4, 0.5) is 0 Å². The lowest BCUT2D eigenvalue weighted by Gasteiger charge is -2.09. The molecule has 0 aliphatic carbocycles. The van der Waals surface area contributed by atoms with Crippen LogP contribution >= 0.6 is 0 Å². The number of nitriles is 1. The van der Waals surface area contributed by atoms with E-state index in [9.17, 15) is 8.42 Å². The summed E-state index contributed by atoms with van der Waals surface area (Å²) in [6.07, 6.45) is 0.972. The number of fused-ring (bicyclic) bond motifs is 1. The highest BCUT2D eigenvalue weighted by Crippen LogP contribution is 2.33. The van der Waals surface area contributed by atoms with Crippen molar-refractivity contribution < 1.29 is 17.3 Å². The Morgan fingerprint density at radius 1 is 1.21 bits per heavy atom. The first-order chi connectivity index (χ1) is 11.4. The Bertz CT molecular complexity index is 1060. The summed E-state index contributed by atoms with van der Waals surface area (Å²) >= 11 is 0. The Labute approximate surface area is 138 Å². The van der Waals surface area contributed by atoms with Crippen LogP contribution in [0.2, 0.25) is 0 Å². The van der Waals surface area contributed by atoms with Crippen LogP contribution in [0.3, 0.4) is 0 Å². The van der Waals surface area contributed by atoms with E-state index in [1.807, 2.05) is 0 Å². The fourth-order valence-electron chi connectivity index (χ4n) is 2.30. The molecule has 1 heterocycles. The summed E-state index contributed by atoms with van der Waals surface area (Å²) in [6, 6.07) is 11.9. The average Bonchev–Trinajstić information content (AvgIpc) is 2.95. The van der Waals surface area contributed by atoms with Gasteiger partial charge in [0.25, 0.3) is 0 Å². The number of nitrogens with zero attached hydrogens (tertiary/aromatic N) is 2. The summed E-state index contributed by atoms with van der Waals surface area (Å²) in [5, 5.41) is 8.96. The van der Waals surface area contributed by atoms with Crippen LogP contribution in [0, 0.1) is 11.3 Å². The fourth-order valence-corrected chi connectivity index (χ4v) is 2.75. The van der Waals surface area contributed by atoms with Gasteiger partial charge >= 0.3 is 10.1 Å². The number of aromatic amines is 1. The Morgan fingerprint density at radius 3 is 2.67 bits per heavy atom. The summed E-state index contributed by atoms with van der Waals surface area (Å²) in [6.45, 7) is 0. The van der Waals surface area contributed by atoms with Gasteiger partial charge in [-0.15, -0.1) is 0 Å². The lowest BCUT2D eigenvalue weighted by Crippen LogP contribution is -2.05. The molecule has 0 fully saturated rings. The largest absolute Gasteiger partial charge is 0.496 e. The van der Waals surface area contributed by atoms with Crippen molar-refractivity contribution in [2.75, 3.05) is 13.4 Å². The Morgan fingerprint density at radius 2 is 2.00 bits per heavy atom. The van der Waals surface area contributed by atoms with Crippen LogP contribution in [0.25, 0.3) is 22.4 Å². The molecule has 0 bridgehead atoms. The highest BCUT2D eigenvalue weighted by Gasteiger charge is 2.14. The number of rotatable bonds is 4. The first-order valence-electron chi connectivity index (χ1n) is 6.87. The average molecular weight is 343 g/mol. The maximum Gasteiger partial charge on any atom is 0.306 e. The van der Waals surface area contributed by atoms with Gasteiger partial charge in [-0.25, -0.2) is 4.98 Å². The fraction of sp³-hybridized carbons (Fsp3) is 0.125. The van der Waals surface area contributed by atoms with Crippen molar-refractivity contribution >= 4 is 21.2 Å². The molecule has 0 amide bonds. The molecule has 0 saturated heterocycles. The summed E-state index contributed by atoms with van der Waals surface area (Å²) < 4.78 is 32.6. The topological polar surface area (TPSA) is 105 Å². The van der Waals surface area contributed by atoms with E-state index >= 15 is 0 Å². The summed E-state index contributed by atoms with van der Waals surface area (Å²) in [4.78, 5) is 7.60. The van der Waals surface area contributed by atoms with Gasteiger partial charge in [0, 0.05) is 6.07 Å². The zero-order valence-electron chi connectivity index (χ0n) is 12.9. The molecule has 122 valence electrons. The number of H-pyrrole nitrogens is 1. The number of benzene rings is 2. The zero-order chi connectivity index (χ0) is 17.3. The zero-order valence-corrected chi connectivity index (χ0v) is 13.7. The molecule has 0 radical (unpaired) electrons. The number of ether oxygens (including phenoxy) is 1. The van der Waals surface area contributed by atoms with E-state index in [1.54, 1.807) is 24.3 Å². The van der Waals surface area contributed by atoms with E-state index in [2.05, 4.69) is 16.0 Å². The number of methoxy groups -OCH3 is 1. The Balaban J connectivity index is 2.07. The quantitative estimate of drug-likeness (QED) is 0.730. The van der Waals surface area contributed by atoms with Crippen molar-refractivity contribution in [2.45, 2.75) is 0 Å². The molecular weight excluding hydrogens is 330 g/mol. The number of hydrogen-bond acceptors (Lipinski definition) is 6. The van der Waals surface area contributed by atoms with Crippen molar-refractivity contribution in [1.82, 2.24) is 9.97 Å². The standard InChI is InChI=1S/C16H13N3O4S/c1-22-15-8-11(23-24(2,20)21)4-5-12(15)16-18-13-6-3-10(9-17)7-14(13)19-16/h3-8H,1-2H3,(H,18,19). The minimum Gasteiger partial charge on any atom is -0.496 e. The molecule has 0 saturated carbocycles. The second kappa shape index (κ2) is 5.86. The Hall–Kier alpha value is -3.05. The van der Waals surface area contributed by atoms with E-state index in [1.165, 1.54) is 19.2 Å². The number of hydrogen-bond donors (Lipinski definition) is 1. The lowest BCUT2D eigenvalue weighted by atomic mass is 10.2. The third-order valence-corrected chi connectivity index (χ3v) is 3.78. The third-order valence-electron chi connectivity index (χ3n) is 3.29. The molecule has 1 N–H and O–H groups in total. The van der Waals surface area contributed by atoms with Gasteiger partial charge in [-0.2, -0.15) is 13.7 Å². The van der Waals surface area contributed by atoms with E-state index in [0.29, 0.717) is 28.2 Å². The Kier molecular flexibility index (Phi) is 3.87. The second-order valence-corrected chi connectivity index (χ2v) is 6.65. The number of nitrogens with one attached hydrogen (secondary N) is 1. The minimum atomic E-state index is -3.62. The summed E-state index contributed by atoms with van der Waals surface area (Å²) in [7, 11) is -2.15. The molecule has 0 spiro atoms. The van der Waals surface area contributed by atoms with Gasteiger partial charge in [0.2, 0.25) is 0 Å². The molecule has 7 nitrogen and oxygen atoms in total. The van der Waals surface area contributed by atoms with E-state index in [4.69, 9.17) is 14.2 Å². The third kappa shape index (κ3) is 3.16. The molecule has 0 atom stereocenters. The first kappa shape index (κ1) is 15.8. The van der Waals surface area contributed by atoms with Gasteiger partial charge in [-0.05, 0) is 30.3 Å². The van der Waals surface area contributed by atoms with Crippen LogP contribution in [0.1, 0.15) is 5.56 Å². The molecule has 0 aliphatic heterocycles. The van der Waals surface area contributed by atoms with E-state index in [-0.39, 0.29) is 5.75 Å². The smallest absolute Gasteiger partial charge is 0.306 e. The van der Waals surface area contributed by atoms with E-state index in [0.717, 1.165) is 11.8 Å². The first-order valence-corrected chi connectivity index (χ1v) is 8.69. The molecule has 1 aromatic heterocycles. The maximum atomic E-state index is 11.2. The number of aromatic nitrogens is 2. The van der Waals surface area contributed by atoms with Gasteiger partial charge in [0.15, 0.2) is 0 Å². The van der Waals surface area contributed by atoms with Crippen molar-refractivity contribution in [3.8, 4) is 29.0 Å². The molecule has 0 unspecified atom stereocenters. The number of imidazole rings is 1. The van der Waals surface area contributed by atoms with E-state index < -0.39 is 10.1 Å². The molecule has 0 aliphatic rings. The van der Waals surface area contributed by atoms with Crippen molar-refractivity contribution in [2.24, 2.45) is 0 Å². The van der Waals surface area contributed by atoms with Crippen LogP contribution in [0.5, 0.6) is 11.5 Å². The van der Waals surface area contributed by atoms with Crippen LogP contribution in [-0.4, -0.2) is 31.8 Å². The lowest BCUT2D eigenvalue weighted by molar-refractivity contribution is 0.413. The normalized spacial score (nSPS) is 11.2. The molecule has 3 rings (SSSR count). The van der Waals surface area contributed by atoms with Gasteiger partial charge < -0.3 is 13.9 Å². The van der Waals surface area contributed by atoms with Crippen molar-refractivity contribution in [3.05, 3.63) is 42.0 Å². The monoisotopic (exact) mass is 343 g/mol. The molecular formula is C16H13N3O4S. The molecule has 24 heavy (non-hydrogen) atoms. The summed E-state index contributed by atoms with van der Waals surface area (Å²) in [5.74, 6) is 1.11. The molecule has 2 aromatic carbocycles. The minimum absolute atomic E-state index is 0.154. The molecule has 3 aromatic rings. The van der Waals surface area contributed by atoms with Gasteiger partial charge in [0.1, 0.15) is 17.3 Å². The maximum absolute atomic E-state index is 11.2. The van der Waals surface area contributed by atoms with Crippen LogP contribution in [0.15, 0.2) is 36.4 Å². The van der Waals surface area contributed by atoms with Crippen molar-refractivity contribution in [3.63, 3.8) is 0 Å². The highest BCUT2D eigenvalue weighted by molar-refractivity contribution is 7.86. The predicted octanol–water partition coefficient (Wildman–Crippen LogP) is 2.45.